The van der Waals surface area contributed by atoms with Crippen LogP contribution in [-0.4, -0.2) is 37.4 Å². The molecule has 2 aromatic rings. The Morgan fingerprint density at radius 3 is 2.95 bits per heavy atom. The molecule has 0 aliphatic carbocycles. The van der Waals surface area contributed by atoms with Crippen molar-refractivity contribution in [3.8, 4) is 5.75 Å². The number of halogens is 2. The average molecular weight is 419 g/mol. The quantitative estimate of drug-likeness (QED) is 0.493. The molecule has 9 nitrogen and oxygen atoms in total. The molecular weight excluding hydrogens is 410 g/mol. The van der Waals surface area contributed by atoms with Crippen LogP contribution in [0.5, 0.6) is 5.75 Å². The lowest BCUT2D eigenvalue weighted by molar-refractivity contribution is -0.122. The summed E-state index contributed by atoms with van der Waals surface area (Å²) in [6.07, 6.45) is 1.31. The molecule has 0 fully saturated rings. The summed E-state index contributed by atoms with van der Waals surface area (Å²) in [6.45, 7) is -0.171. The van der Waals surface area contributed by atoms with Crippen molar-refractivity contribution in [2.75, 3.05) is 5.73 Å². The lowest BCUT2D eigenvalue weighted by Gasteiger charge is -2.03. The van der Waals surface area contributed by atoms with Gasteiger partial charge in [-0.05, 0) is 33.3 Å². The molecule has 0 saturated heterocycles. The highest BCUT2D eigenvalue weighted by Crippen LogP contribution is 2.30. The van der Waals surface area contributed by atoms with Gasteiger partial charge in [-0.2, -0.15) is 9.90 Å². The van der Waals surface area contributed by atoms with Gasteiger partial charge < -0.3 is 10.8 Å². The summed E-state index contributed by atoms with van der Waals surface area (Å²) in [5.41, 5.74) is 7.98. The molecule has 0 spiro atoms. The van der Waals surface area contributed by atoms with Crippen LogP contribution in [0.4, 0.5) is 5.95 Å². The van der Waals surface area contributed by atoms with E-state index < -0.39 is 5.91 Å². The number of aromatic nitrogens is 4. The number of phenolic OH excluding ortho intramolecular Hbond substituents is 1. The fourth-order valence-electron chi connectivity index (χ4n) is 1.34. The molecule has 1 heterocycles. The van der Waals surface area contributed by atoms with Crippen LogP contribution in [0.1, 0.15) is 5.56 Å². The molecule has 0 radical (unpaired) electrons. The normalized spacial score (nSPS) is 11.0. The number of benzene rings is 1. The molecule has 11 heteroatoms. The molecule has 0 aliphatic rings. The van der Waals surface area contributed by atoms with Gasteiger partial charge >= 0.3 is 0 Å². The van der Waals surface area contributed by atoms with Crippen LogP contribution in [0, 0.1) is 0 Å². The number of nitrogens with two attached hydrogens (primary N) is 1. The first-order valence-electron chi connectivity index (χ1n) is 5.49. The predicted octanol–water partition coefficient (Wildman–Crippen LogP) is 0.636. The summed E-state index contributed by atoms with van der Waals surface area (Å²) in [4.78, 5) is 12.6. The first-order valence-corrected chi connectivity index (χ1v) is 7.07. The van der Waals surface area contributed by atoms with Crippen molar-refractivity contribution in [3.05, 3.63) is 26.6 Å². The van der Waals surface area contributed by atoms with Gasteiger partial charge in [0.15, 0.2) is 0 Å². The largest absolute Gasteiger partial charge is 0.506 e. The van der Waals surface area contributed by atoms with Gasteiger partial charge in [-0.1, -0.05) is 21.0 Å². The number of anilines is 1. The van der Waals surface area contributed by atoms with Crippen LogP contribution >= 0.6 is 31.9 Å². The van der Waals surface area contributed by atoms with Crippen molar-refractivity contribution in [3.63, 3.8) is 0 Å². The molecule has 0 unspecified atom stereocenters. The lowest BCUT2D eigenvalue weighted by Crippen LogP contribution is -2.24. The number of hydrogen-bond acceptors (Lipinski definition) is 7. The topological polar surface area (TPSA) is 131 Å². The zero-order valence-corrected chi connectivity index (χ0v) is 13.5. The Hall–Kier alpha value is -2.01. The van der Waals surface area contributed by atoms with Gasteiger partial charge in [0.1, 0.15) is 12.3 Å². The van der Waals surface area contributed by atoms with E-state index in [-0.39, 0.29) is 18.2 Å². The number of nitrogens with zero attached hydrogens (tertiary/aromatic N) is 5. The standard InChI is InChI=1S/C10H9Br2N7O2/c11-6-1-5(9(21)7(12)2-6)3-14-15-8(20)4-19-17-10(13)16-18-19/h1-3,21H,4H2,(H2,13,17)(H,15,20)/b14-3-. The number of aromatic hydroxyl groups is 1. The predicted molar refractivity (Wildman–Crippen MR) is 81.5 cm³/mol. The van der Waals surface area contributed by atoms with Crippen LogP contribution in [0.25, 0.3) is 0 Å². The summed E-state index contributed by atoms with van der Waals surface area (Å²) in [7, 11) is 0. The summed E-state index contributed by atoms with van der Waals surface area (Å²) < 4.78 is 1.26. The monoisotopic (exact) mass is 417 g/mol. The number of hydrogen-bond donors (Lipinski definition) is 3. The van der Waals surface area contributed by atoms with E-state index >= 15 is 0 Å². The highest BCUT2D eigenvalue weighted by Gasteiger charge is 2.07. The third-order valence-electron chi connectivity index (χ3n) is 2.20. The minimum absolute atomic E-state index is 0.0157. The number of carbonyl (C=O) groups excluding carboxylic acids is 1. The molecule has 2 rings (SSSR count). The van der Waals surface area contributed by atoms with E-state index in [0.717, 1.165) is 9.27 Å². The maximum Gasteiger partial charge on any atom is 0.263 e. The average Bonchev–Trinajstić information content (AvgIpc) is 2.80. The van der Waals surface area contributed by atoms with Crippen LogP contribution < -0.4 is 11.2 Å². The van der Waals surface area contributed by atoms with Gasteiger partial charge in [-0.25, -0.2) is 5.43 Å². The lowest BCUT2D eigenvalue weighted by atomic mass is 10.2. The minimum atomic E-state index is -0.461. The van der Waals surface area contributed by atoms with Crippen molar-refractivity contribution in [1.29, 1.82) is 0 Å². The Labute approximate surface area is 135 Å². The van der Waals surface area contributed by atoms with Crippen molar-refractivity contribution in [2.45, 2.75) is 6.54 Å². The maximum absolute atomic E-state index is 11.6. The second-order valence-corrected chi connectivity index (χ2v) is 5.57. The molecule has 1 aromatic carbocycles. The molecule has 0 aliphatic heterocycles. The summed E-state index contributed by atoms with van der Waals surface area (Å²) in [5, 5.41) is 24.2. The van der Waals surface area contributed by atoms with E-state index in [4.69, 9.17) is 5.73 Å². The summed E-state index contributed by atoms with van der Waals surface area (Å²) in [6, 6.07) is 3.33. The second-order valence-electron chi connectivity index (χ2n) is 3.80. The van der Waals surface area contributed by atoms with E-state index in [1.54, 1.807) is 12.1 Å². The minimum Gasteiger partial charge on any atom is -0.506 e. The van der Waals surface area contributed by atoms with Crippen LogP contribution in [-0.2, 0) is 11.3 Å². The molecule has 0 atom stereocenters. The van der Waals surface area contributed by atoms with Gasteiger partial charge in [0.2, 0.25) is 0 Å². The van der Waals surface area contributed by atoms with Crippen molar-refractivity contribution >= 4 is 49.9 Å². The van der Waals surface area contributed by atoms with Gasteiger partial charge in [0.05, 0.1) is 10.7 Å². The van der Waals surface area contributed by atoms with Crippen molar-refractivity contribution < 1.29 is 9.90 Å². The van der Waals surface area contributed by atoms with E-state index in [2.05, 4.69) is 57.8 Å². The van der Waals surface area contributed by atoms with Crippen LogP contribution in [0.2, 0.25) is 0 Å². The summed E-state index contributed by atoms with van der Waals surface area (Å²) >= 11 is 6.48. The van der Waals surface area contributed by atoms with Gasteiger partial charge in [0.25, 0.3) is 11.9 Å². The number of carbonyl (C=O) groups is 1. The van der Waals surface area contributed by atoms with E-state index in [9.17, 15) is 9.90 Å². The fraction of sp³-hybridized carbons (Fsp3) is 0.100. The number of phenols is 1. The summed E-state index contributed by atoms with van der Waals surface area (Å²) in [5.74, 6) is -0.464. The molecule has 1 aromatic heterocycles. The molecule has 1 amide bonds. The van der Waals surface area contributed by atoms with E-state index in [1.807, 2.05) is 0 Å². The number of amides is 1. The number of nitrogen functional groups attached to an aromatic ring is 1. The molecule has 0 saturated carbocycles. The Balaban J connectivity index is 1.97. The number of nitrogens with one attached hydrogen (secondary N) is 1. The molecular formula is C10H9Br2N7O2. The second kappa shape index (κ2) is 6.63. The van der Waals surface area contributed by atoms with Gasteiger partial charge in [0, 0.05) is 10.0 Å². The fourth-order valence-corrected chi connectivity index (χ4v) is 2.60. The highest BCUT2D eigenvalue weighted by molar-refractivity contribution is 9.11. The Kier molecular flexibility index (Phi) is 4.85. The highest BCUT2D eigenvalue weighted by atomic mass is 79.9. The molecule has 4 N–H and O–H groups in total. The van der Waals surface area contributed by atoms with Crippen molar-refractivity contribution in [1.82, 2.24) is 25.6 Å². The number of hydrazone groups is 1. The molecule has 110 valence electrons. The number of rotatable bonds is 4. The smallest absolute Gasteiger partial charge is 0.263 e. The molecule has 0 bridgehead atoms. The first-order chi connectivity index (χ1) is 9.95. The Bertz CT molecular complexity index is 701. The Morgan fingerprint density at radius 1 is 1.52 bits per heavy atom. The third-order valence-corrected chi connectivity index (χ3v) is 3.27. The number of tetrazole rings is 1. The van der Waals surface area contributed by atoms with Crippen molar-refractivity contribution in [2.24, 2.45) is 5.10 Å². The van der Waals surface area contributed by atoms with E-state index in [0.29, 0.717) is 10.0 Å². The van der Waals surface area contributed by atoms with Crippen LogP contribution in [0.3, 0.4) is 0 Å². The third kappa shape index (κ3) is 4.23. The van der Waals surface area contributed by atoms with Crippen LogP contribution in [0.15, 0.2) is 26.2 Å². The first kappa shape index (κ1) is 15.4. The zero-order chi connectivity index (χ0) is 15.4. The zero-order valence-electron chi connectivity index (χ0n) is 10.4. The SMILES string of the molecule is Nc1nnn(CC(=O)N/N=C\c2cc(Br)cc(Br)c2O)n1. The van der Waals surface area contributed by atoms with E-state index in [1.165, 1.54) is 6.21 Å². The maximum atomic E-state index is 11.6. The molecule has 21 heavy (non-hydrogen) atoms. The Morgan fingerprint density at radius 2 is 2.29 bits per heavy atom. The van der Waals surface area contributed by atoms with Gasteiger partial charge in [-0.3, -0.25) is 4.79 Å². The van der Waals surface area contributed by atoms with Gasteiger partial charge in [-0.15, -0.1) is 5.10 Å².